The van der Waals surface area contributed by atoms with Crippen molar-refractivity contribution >= 4 is 28.8 Å². The number of nitrogens with two attached hydrogens (primary N) is 1. The molecule has 3 aromatic heterocycles. The van der Waals surface area contributed by atoms with Crippen LogP contribution in [0.3, 0.4) is 0 Å². The van der Waals surface area contributed by atoms with Gasteiger partial charge in [-0.2, -0.15) is 5.26 Å². The Hall–Kier alpha value is -4.57. The Morgan fingerprint density at radius 1 is 1.03 bits per heavy atom. The van der Waals surface area contributed by atoms with Gasteiger partial charge in [-0.1, -0.05) is 24.3 Å². The average Bonchev–Trinajstić information content (AvgIpc) is 3.19. The minimum atomic E-state index is -0.523. The van der Waals surface area contributed by atoms with E-state index in [1.165, 1.54) is 12.3 Å². The molecule has 1 amide bonds. The Kier molecular flexibility index (Phi) is 4.89. The van der Waals surface area contributed by atoms with E-state index < -0.39 is 5.91 Å². The number of nitrogens with zero attached hydrogens (tertiary/aromatic N) is 3. The summed E-state index contributed by atoms with van der Waals surface area (Å²) in [7, 11) is 0. The van der Waals surface area contributed by atoms with Crippen LogP contribution in [0, 0.1) is 11.3 Å². The summed E-state index contributed by atoms with van der Waals surface area (Å²) in [6, 6.07) is 14.2. The number of hydrogen-bond acceptors (Lipinski definition) is 5. The second kappa shape index (κ2) is 7.81. The molecular formula is C23H15N5O2. The fourth-order valence-electron chi connectivity index (χ4n) is 3.05. The number of benzene rings is 1. The first-order valence-electron chi connectivity index (χ1n) is 9.01. The van der Waals surface area contributed by atoms with Gasteiger partial charge in [0.25, 0.3) is 0 Å². The molecule has 7 heteroatoms. The number of carbonyl (C=O) groups excluding carboxylic acids is 2. The van der Waals surface area contributed by atoms with Gasteiger partial charge in [-0.15, -0.1) is 0 Å². The highest BCUT2D eigenvalue weighted by Gasteiger charge is 2.11. The first-order chi connectivity index (χ1) is 14.5. The van der Waals surface area contributed by atoms with Crippen molar-refractivity contribution in [2.24, 2.45) is 5.73 Å². The number of aromatic nitrogens is 3. The van der Waals surface area contributed by atoms with Gasteiger partial charge in [-0.05, 0) is 29.8 Å². The maximum absolute atomic E-state index is 12.6. The van der Waals surface area contributed by atoms with E-state index in [-0.39, 0.29) is 11.5 Å². The highest BCUT2D eigenvalue weighted by molar-refractivity contribution is 6.08. The molecule has 3 heterocycles. The number of aromatic amines is 1. The summed E-state index contributed by atoms with van der Waals surface area (Å²) in [5, 5.41) is 9.69. The summed E-state index contributed by atoms with van der Waals surface area (Å²) in [5.41, 5.74) is 9.61. The van der Waals surface area contributed by atoms with Crippen LogP contribution in [0.2, 0.25) is 0 Å². The van der Waals surface area contributed by atoms with Gasteiger partial charge in [0, 0.05) is 46.7 Å². The average molecular weight is 393 g/mol. The van der Waals surface area contributed by atoms with Crippen LogP contribution in [0.1, 0.15) is 27.2 Å². The first-order valence-corrected chi connectivity index (χ1v) is 9.01. The third kappa shape index (κ3) is 3.70. The number of hydrogen-bond donors (Lipinski definition) is 2. The molecule has 4 rings (SSSR count). The summed E-state index contributed by atoms with van der Waals surface area (Å²) >= 11 is 0. The van der Waals surface area contributed by atoms with E-state index in [2.05, 4.69) is 15.0 Å². The summed E-state index contributed by atoms with van der Waals surface area (Å²) in [6.45, 7) is 0. The molecule has 0 aliphatic rings. The Bertz CT molecular complexity index is 1330. The number of carbonyl (C=O) groups is 2. The molecule has 0 radical (unpaired) electrons. The summed E-state index contributed by atoms with van der Waals surface area (Å²) in [4.78, 5) is 35.1. The van der Waals surface area contributed by atoms with E-state index in [0.717, 1.165) is 22.1 Å². The summed E-state index contributed by atoms with van der Waals surface area (Å²) in [5.74, 6) is -0.741. The molecule has 1 aromatic carbocycles. The zero-order valence-corrected chi connectivity index (χ0v) is 15.7. The van der Waals surface area contributed by atoms with Crippen molar-refractivity contribution in [3.63, 3.8) is 0 Å². The maximum Gasteiger partial charge on any atom is 0.241 e. The number of pyridine rings is 2. The molecule has 0 aliphatic carbocycles. The molecule has 7 nitrogen and oxygen atoms in total. The zero-order valence-electron chi connectivity index (χ0n) is 15.7. The first kappa shape index (κ1) is 18.8. The fraction of sp³-hybridized carbons (Fsp3) is 0. The van der Waals surface area contributed by atoms with Gasteiger partial charge in [0.2, 0.25) is 11.7 Å². The lowest BCUT2D eigenvalue weighted by molar-refractivity contribution is -0.113. The predicted octanol–water partition coefficient (Wildman–Crippen LogP) is 3.23. The monoisotopic (exact) mass is 393 g/mol. The van der Waals surface area contributed by atoms with Crippen molar-refractivity contribution in [3.05, 3.63) is 89.5 Å². The zero-order chi connectivity index (χ0) is 21.1. The van der Waals surface area contributed by atoms with Crippen molar-refractivity contribution in [2.45, 2.75) is 0 Å². The summed E-state index contributed by atoms with van der Waals surface area (Å²) < 4.78 is 0. The molecule has 0 saturated carbocycles. The molecule has 3 N–H and O–H groups in total. The van der Waals surface area contributed by atoms with E-state index in [9.17, 15) is 9.59 Å². The molecular weight excluding hydrogens is 378 g/mol. The number of rotatable bonds is 5. The quantitative estimate of drug-likeness (QED) is 0.398. The Morgan fingerprint density at radius 3 is 2.50 bits per heavy atom. The molecule has 4 aromatic rings. The Labute approximate surface area is 171 Å². The van der Waals surface area contributed by atoms with Crippen LogP contribution in [-0.4, -0.2) is 26.6 Å². The second-order valence-electron chi connectivity index (χ2n) is 6.55. The molecule has 0 spiro atoms. The van der Waals surface area contributed by atoms with Crippen LogP contribution < -0.4 is 5.73 Å². The van der Waals surface area contributed by atoms with Gasteiger partial charge >= 0.3 is 0 Å². The lowest BCUT2D eigenvalue weighted by Crippen LogP contribution is -2.04. The van der Waals surface area contributed by atoms with Crippen molar-refractivity contribution in [1.29, 1.82) is 5.26 Å². The molecule has 30 heavy (non-hydrogen) atoms. The predicted molar refractivity (Wildman–Crippen MR) is 112 cm³/mol. The smallest absolute Gasteiger partial charge is 0.241 e. The van der Waals surface area contributed by atoms with Crippen molar-refractivity contribution in [3.8, 4) is 17.2 Å². The molecule has 0 fully saturated rings. The Morgan fingerprint density at radius 2 is 1.83 bits per heavy atom. The number of H-pyrrole nitrogens is 1. The van der Waals surface area contributed by atoms with Gasteiger partial charge < -0.3 is 10.7 Å². The van der Waals surface area contributed by atoms with Crippen molar-refractivity contribution in [2.75, 3.05) is 0 Å². The highest BCUT2D eigenvalue weighted by Crippen LogP contribution is 2.26. The molecule has 0 bridgehead atoms. The lowest BCUT2D eigenvalue weighted by atomic mass is 10.0. The van der Waals surface area contributed by atoms with Crippen LogP contribution in [0.25, 0.3) is 28.2 Å². The van der Waals surface area contributed by atoms with E-state index >= 15 is 0 Å². The minimum Gasteiger partial charge on any atom is -0.366 e. The topological polar surface area (TPSA) is 126 Å². The van der Waals surface area contributed by atoms with E-state index in [1.54, 1.807) is 42.7 Å². The maximum atomic E-state index is 12.6. The van der Waals surface area contributed by atoms with E-state index in [4.69, 9.17) is 11.0 Å². The minimum absolute atomic E-state index is 0.218. The van der Waals surface area contributed by atoms with Crippen molar-refractivity contribution in [1.82, 2.24) is 15.0 Å². The van der Waals surface area contributed by atoms with E-state index in [1.807, 2.05) is 24.3 Å². The highest BCUT2D eigenvalue weighted by atomic mass is 16.1. The third-order valence-corrected chi connectivity index (χ3v) is 4.60. The van der Waals surface area contributed by atoms with Gasteiger partial charge in [-0.25, -0.2) is 4.98 Å². The fourth-order valence-corrected chi connectivity index (χ4v) is 3.05. The molecule has 0 aliphatic heterocycles. The van der Waals surface area contributed by atoms with Gasteiger partial charge in [-0.3, -0.25) is 14.6 Å². The molecule has 0 saturated heterocycles. The Balaban J connectivity index is 1.62. The molecule has 0 atom stereocenters. The normalized spacial score (nSPS) is 10.9. The van der Waals surface area contributed by atoms with Crippen molar-refractivity contribution < 1.29 is 9.59 Å². The lowest BCUT2D eigenvalue weighted by Gasteiger charge is -2.05. The number of nitriles is 1. The second-order valence-corrected chi connectivity index (χ2v) is 6.55. The number of amides is 1. The summed E-state index contributed by atoms with van der Waals surface area (Å²) in [6.07, 6.45) is 7.81. The van der Waals surface area contributed by atoms with Gasteiger partial charge in [0.15, 0.2) is 0 Å². The third-order valence-electron chi connectivity index (χ3n) is 4.60. The van der Waals surface area contributed by atoms with Crippen LogP contribution in [0.4, 0.5) is 0 Å². The van der Waals surface area contributed by atoms with Gasteiger partial charge in [0.05, 0.1) is 5.56 Å². The number of ketones is 1. The number of nitrogens with one attached hydrogen (secondary N) is 1. The number of primary amides is 1. The van der Waals surface area contributed by atoms with Crippen LogP contribution >= 0.6 is 0 Å². The molecule has 144 valence electrons. The van der Waals surface area contributed by atoms with Crippen LogP contribution in [0.15, 0.2) is 67.1 Å². The van der Waals surface area contributed by atoms with Gasteiger partial charge in [0.1, 0.15) is 17.4 Å². The molecule has 0 unspecified atom stereocenters. The SMILES string of the molecule is N#Cc1ccc(C(=O)c2ccc(-c3cnc4[nH]cc(C=CC(N)=O)c4c3)cc2)nc1. The standard InChI is InChI=1S/C23H15N5O2/c24-10-14-1-7-20(26-11-14)22(30)16-4-2-15(3-5-16)18-9-19-17(6-8-21(25)29)12-27-23(19)28-13-18/h1-9,11-13H,(H2,25,29)(H,27,28). The largest absolute Gasteiger partial charge is 0.366 e. The van der Waals surface area contributed by atoms with Crippen LogP contribution in [0.5, 0.6) is 0 Å². The van der Waals surface area contributed by atoms with Crippen LogP contribution in [-0.2, 0) is 4.79 Å². The number of fused-ring (bicyclic) bond motifs is 1. The van der Waals surface area contributed by atoms with E-state index in [0.29, 0.717) is 16.8 Å².